The third-order valence-electron chi connectivity index (χ3n) is 3.61. The van der Waals surface area contributed by atoms with Gasteiger partial charge in [0.05, 0.1) is 10.7 Å². The number of hydrogen-bond donors (Lipinski definition) is 2. The molecule has 2 N–H and O–H groups in total. The van der Waals surface area contributed by atoms with Gasteiger partial charge in [0, 0.05) is 19.2 Å². The Labute approximate surface area is 121 Å². The maximum absolute atomic E-state index is 12.4. The molecule has 1 aliphatic carbocycles. The Kier molecular flexibility index (Phi) is 4.99. The predicted octanol–water partition coefficient (Wildman–Crippen LogP) is 1.99. The molecule has 1 aliphatic rings. The number of aromatic nitrogens is 2. The summed E-state index contributed by atoms with van der Waals surface area (Å²) in [6.07, 6.45) is 5.90. The fourth-order valence-electron chi connectivity index (χ4n) is 2.16. The Hall–Kier alpha value is -0.880. The van der Waals surface area contributed by atoms with Crippen molar-refractivity contribution < 1.29 is 5.11 Å². The molecular weight excluding hydrogens is 310 g/mol. The van der Waals surface area contributed by atoms with Crippen molar-refractivity contribution in [3.63, 3.8) is 0 Å². The molecule has 0 bridgehead atoms. The molecule has 2 rings (SSSR count). The van der Waals surface area contributed by atoms with E-state index in [1.54, 1.807) is 10.9 Å². The van der Waals surface area contributed by atoms with Crippen LogP contribution in [0.25, 0.3) is 0 Å². The number of nitrogens with zero attached hydrogens (tertiary/aromatic N) is 2. The monoisotopic (exact) mass is 329 g/mol. The normalized spacial score (nSPS) is 17.0. The smallest absolute Gasteiger partial charge is 0.291 e. The highest BCUT2D eigenvalue weighted by molar-refractivity contribution is 9.10. The molecule has 1 aromatic heterocycles. The van der Waals surface area contributed by atoms with E-state index in [1.807, 2.05) is 6.92 Å². The molecule has 1 unspecified atom stereocenters. The zero-order valence-electron chi connectivity index (χ0n) is 11.1. The molecule has 106 valence electrons. The molecule has 1 heterocycles. The summed E-state index contributed by atoms with van der Waals surface area (Å²) in [7, 11) is 0. The van der Waals surface area contributed by atoms with E-state index in [1.165, 1.54) is 19.3 Å². The lowest BCUT2D eigenvalue weighted by molar-refractivity contribution is 0.261. The van der Waals surface area contributed by atoms with E-state index in [0.29, 0.717) is 29.0 Å². The molecule has 0 aromatic carbocycles. The third-order valence-corrected chi connectivity index (χ3v) is 4.21. The lowest BCUT2D eigenvalue weighted by Gasteiger charge is -2.25. The van der Waals surface area contributed by atoms with E-state index in [9.17, 15) is 4.79 Å². The fraction of sp³-hybridized carbons (Fsp3) is 0.692. The van der Waals surface area contributed by atoms with Crippen molar-refractivity contribution in [1.82, 2.24) is 9.78 Å². The van der Waals surface area contributed by atoms with Crippen LogP contribution in [0.3, 0.4) is 0 Å². The predicted molar refractivity (Wildman–Crippen MR) is 78.3 cm³/mol. The summed E-state index contributed by atoms with van der Waals surface area (Å²) in [6.45, 7) is 2.75. The number of aliphatic hydroxyl groups excluding tert-OH is 1. The summed E-state index contributed by atoms with van der Waals surface area (Å²) in [6, 6.07) is 0.0496. The topological polar surface area (TPSA) is 67.2 Å². The number of anilines is 1. The molecule has 1 fully saturated rings. The highest BCUT2D eigenvalue weighted by atomic mass is 79.9. The molecule has 6 heteroatoms. The molecule has 1 aromatic rings. The van der Waals surface area contributed by atoms with Gasteiger partial charge in [-0.1, -0.05) is 6.42 Å². The number of rotatable bonds is 6. The van der Waals surface area contributed by atoms with Gasteiger partial charge in [-0.25, -0.2) is 4.68 Å². The lowest BCUT2D eigenvalue weighted by Crippen LogP contribution is -2.32. The van der Waals surface area contributed by atoms with Crippen LogP contribution in [-0.2, 0) is 6.54 Å². The van der Waals surface area contributed by atoms with Crippen molar-refractivity contribution in [3.8, 4) is 0 Å². The van der Waals surface area contributed by atoms with Crippen molar-refractivity contribution in [2.45, 2.75) is 45.2 Å². The Bertz CT molecular complexity index is 485. The van der Waals surface area contributed by atoms with Crippen LogP contribution in [0.1, 0.15) is 32.6 Å². The van der Waals surface area contributed by atoms with Gasteiger partial charge in [0.15, 0.2) is 0 Å². The summed E-state index contributed by atoms with van der Waals surface area (Å²) in [5.74, 6) is 0.592. The average molecular weight is 330 g/mol. The van der Waals surface area contributed by atoms with Gasteiger partial charge in [-0.15, -0.1) is 0 Å². The van der Waals surface area contributed by atoms with Gasteiger partial charge >= 0.3 is 0 Å². The van der Waals surface area contributed by atoms with Crippen LogP contribution in [0.4, 0.5) is 5.69 Å². The minimum atomic E-state index is -0.0916. The first-order chi connectivity index (χ1) is 9.11. The molecule has 1 atom stereocenters. The maximum atomic E-state index is 12.4. The number of aliphatic hydroxyl groups is 1. The number of hydrogen-bond acceptors (Lipinski definition) is 4. The quantitative estimate of drug-likeness (QED) is 0.837. The van der Waals surface area contributed by atoms with Crippen molar-refractivity contribution >= 4 is 21.6 Å². The van der Waals surface area contributed by atoms with Crippen LogP contribution in [0.2, 0.25) is 0 Å². The Morgan fingerprint density at radius 1 is 1.63 bits per heavy atom. The second kappa shape index (κ2) is 6.52. The van der Waals surface area contributed by atoms with Gasteiger partial charge in [0.2, 0.25) is 0 Å². The molecule has 0 aliphatic heterocycles. The lowest BCUT2D eigenvalue weighted by atomic mass is 9.85. The largest absolute Gasteiger partial charge is 0.396 e. The highest BCUT2D eigenvalue weighted by Crippen LogP contribution is 2.27. The van der Waals surface area contributed by atoms with Gasteiger partial charge in [0.1, 0.15) is 5.69 Å². The molecule has 1 saturated carbocycles. The summed E-state index contributed by atoms with van der Waals surface area (Å²) in [5.41, 5.74) is 0.446. The van der Waals surface area contributed by atoms with Crippen molar-refractivity contribution in [2.24, 2.45) is 5.92 Å². The SMILES string of the molecule is CC(CCO)Nc1c(Br)cnn(CC2CCC2)c1=O. The zero-order chi connectivity index (χ0) is 13.8. The molecule has 0 saturated heterocycles. The minimum Gasteiger partial charge on any atom is -0.396 e. The first kappa shape index (κ1) is 14.5. The molecule has 19 heavy (non-hydrogen) atoms. The Balaban J connectivity index is 2.16. The first-order valence-electron chi connectivity index (χ1n) is 6.75. The van der Waals surface area contributed by atoms with Crippen LogP contribution in [0.15, 0.2) is 15.5 Å². The van der Waals surface area contributed by atoms with Crippen LogP contribution in [-0.4, -0.2) is 27.5 Å². The van der Waals surface area contributed by atoms with Gasteiger partial charge < -0.3 is 10.4 Å². The van der Waals surface area contributed by atoms with Crippen molar-refractivity contribution in [2.75, 3.05) is 11.9 Å². The summed E-state index contributed by atoms with van der Waals surface area (Å²) < 4.78 is 2.22. The van der Waals surface area contributed by atoms with Crippen molar-refractivity contribution in [3.05, 3.63) is 21.0 Å². The second-order valence-electron chi connectivity index (χ2n) is 5.21. The van der Waals surface area contributed by atoms with E-state index >= 15 is 0 Å². The van der Waals surface area contributed by atoms with Crippen LogP contribution < -0.4 is 10.9 Å². The van der Waals surface area contributed by atoms with E-state index in [-0.39, 0.29) is 18.2 Å². The first-order valence-corrected chi connectivity index (χ1v) is 7.54. The highest BCUT2D eigenvalue weighted by Gasteiger charge is 2.20. The van der Waals surface area contributed by atoms with E-state index < -0.39 is 0 Å². The third kappa shape index (κ3) is 3.57. The Morgan fingerprint density at radius 2 is 2.37 bits per heavy atom. The summed E-state index contributed by atoms with van der Waals surface area (Å²) in [5, 5.41) is 16.2. The van der Waals surface area contributed by atoms with Crippen molar-refractivity contribution in [1.29, 1.82) is 0 Å². The van der Waals surface area contributed by atoms with Gasteiger partial charge in [-0.3, -0.25) is 4.79 Å². The second-order valence-corrected chi connectivity index (χ2v) is 6.06. The number of halogens is 1. The standard InChI is InChI=1S/C13H20BrN3O2/c1-9(5-6-18)16-12-11(14)7-15-17(13(12)19)8-10-3-2-4-10/h7,9-10,16,18H,2-6,8H2,1H3. The molecule has 0 radical (unpaired) electrons. The number of nitrogens with one attached hydrogen (secondary N) is 1. The van der Waals surface area contributed by atoms with E-state index in [2.05, 4.69) is 26.3 Å². The maximum Gasteiger partial charge on any atom is 0.291 e. The van der Waals surface area contributed by atoms with Crippen LogP contribution in [0.5, 0.6) is 0 Å². The van der Waals surface area contributed by atoms with Gasteiger partial charge in [0.25, 0.3) is 5.56 Å². The minimum absolute atomic E-state index is 0.0496. The van der Waals surface area contributed by atoms with Crippen LogP contribution in [0, 0.1) is 5.92 Å². The summed E-state index contributed by atoms with van der Waals surface area (Å²) >= 11 is 3.36. The molecule has 0 spiro atoms. The van der Waals surface area contributed by atoms with Gasteiger partial charge in [-0.2, -0.15) is 5.10 Å². The van der Waals surface area contributed by atoms with Crippen LogP contribution >= 0.6 is 15.9 Å². The van der Waals surface area contributed by atoms with E-state index in [0.717, 1.165) is 0 Å². The average Bonchev–Trinajstić information content (AvgIpc) is 2.32. The zero-order valence-corrected chi connectivity index (χ0v) is 12.7. The molecular formula is C13H20BrN3O2. The molecule has 5 nitrogen and oxygen atoms in total. The van der Waals surface area contributed by atoms with Gasteiger partial charge in [-0.05, 0) is 48.0 Å². The summed E-state index contributed by atoms with van der Waals surface area (Å²) in [4.78, 5) is 12.4. The Morgan fingerprint density at radius 3 is 2.95 bits per heavy atom. The molecule has 0 amide bonds. The fourth-order valence-corrected chi connectivity index (χ4v) is 2.54. The van der Waals surface area contributed by atoms with E-state index in [4.69, 9.17) is 5.11 Å².